The van der Waals surface area contributed by atoms with E-state index in [1.807, 2.05) is 45.0 Å². The van der Waals surface area contributed by atoms with Gasteiger partial charge in [0.1, 0.15) is 5.52 Å². The third-order valence-corrected chi connectivity index (χ3v) is 3.06. The molecule has 0 spiro atoms. The molecule has 6 nitrogen and oxygen atoms in total. The van der Waals surface area contributed by atoms with Gasteiger partial charge in [-0.2, -0.15) is 0 Å². The summed E-state index contributed by atoms with van der Waals surface area (Å²) in [5, 5.41) is 2.77. The highest BCUT2D eigenvalue weighted by molar-refractivity contribution is 5.83. The second-order valence-electron chi connectivity index (χ2n) is 6.45. The van der Waals surface area contributed by atoms with Crippen molar-refractivity contribution < 1.29 is 18.7 Å². The van der Waals surface area contributed by atoms with Crippen molar-refractivity contribution in [2.75, 3.05) is 0 Å². The van der Waals surface area contributed by atoms with Crippen LogP contribution < -0.4 is 5.32 Å². The van der Waals surface area contributed by atoms with Gasteiger partial charge < -0.3 is 14.5 Å². The number of oxazole rings is 1. The zero-order chi connectivity index (χ0) is 17.0. The lowest BCUT2D eigenvalue weighted by molar-refractivity contribution is -0.155. The molecule has 0 saturated carbocycles. The van der Waals surface area contributed by atoms with Crippen molar-refractivity contribution in [3.8, 4) is 0 Å². The number of nitrogens with zero attached hydrogens (tertiary/aromatic N) is 1. The first-order valence-corrected chi connectivity index (χ1v) is 7.60. The molecule has 0 fully saturated rings. The fourth-order valence-electron chi connectivity index (χ4n) is 2.02. The van der Waals surface area contributed by atoms with Gasteiger partial charge in [-0.25, -0.2) is 4.98 Å². The molecule has 0 bridgehead atoms. The van der Waals surface area contributed by atoms with Crippen molar-refractivity contribution >= 4 is 23.0 Å². The van der Waals surface area contributed by atoms with Crippen molar-refractivity contribution in [1.82, 2.24) is 10.3 Å². The van der Waals surface area contributed by atoms with Gasteiger partial charge in [0.05, 0.1) is 6.42 Å². The topological polar surface area (TPSA) is 81.4 Å². The Bertz CT molecular complexity index is 667. The van der Waals surface area contributed by atoms with Gasteiger partial charge in [0.25, 0.3) is 5.91 Å². The molecule has 1 atom stereocenters. The number of hydrogen-bond donors (Lipinski definition) is 1. The Balaban J connectivity index is 1.83. The molecule has 1 N–H and O–H groups in total. The van der Waals surface area contributed by atoms with E-state index in [1.54, 1.807) is 6.92 Å². The van der Waals surface area contributed by atoms with Gasteiger partial charge in [-0.15, -0.1) is 0 Å². The van der Waals surface area contributed by atoms with E-state index >= 15 is 0 Å². The predicted molar refractivity (Wildman–Crippen MR) is 85.8 cm³/mol. The lowest BCUT2D eigenvalue weighted by Gasteiger charge is -2.23. The van der Waals surface area contributed by atoms with E-state index in [0.29, 0.717) is 17.9 Å². The normalized spacial score (nSPS) is 12.9. The number of carbonyl (C=O) groups excluding carboxylic acids is 2. The van der Waals surface area contributed by atoms with E-state index in [2.05, 4.69) is 10.3 Å². The van der Waals surface area contributed by atoms with Crippen LogP contribution in [0.4, 0.5) is 0 Å². The van der Waals surface area contributed by atoms with E-state index in [4.69, 9.17) is 9.15 Å². The molecule has 0 unspecified atom stereocenters. The molecule has 0 radical (unpaired) electrons. The Hall–Kier alpha value is -2.37. The van der Waals surface area contributed by atoms with Crippen LogP contribution in [0, 0.1) is 0 Å². The number of esters is 1. The maximum Gasteiger partial charge on any atom is 0.307 e. The Morgan fingerprint density at radius 2 is 2.00 bits per heavy atom. The number of benzene rings is 1. The number of carbonyl (C=O) groups is 2. The minimum Gasteiger partial charge on any atom is -0.453 e. The molecular formula is C17H22N2O4. The van der Waals surface area contributed by atoms with Gasteiger partial charge in [-0.1, -0.05) is 12.1 Å². The van der Waals surface area contributed by atoms with Crippen LogP contribution >= 0.6 is 0 Å². The number of hydrogen-bond acceptors (Lipinski definition) is 5. The molecule has 1 aromatic heterocycles. The summed E-state index contributed by atoms with van der Waals surface area (Å²) in [4.78, 5) is 28.0. The number of ether oxygens (including phenoxy) is 1. The average Bonchev–Trinajstić information content (AvgIpc) is 2.86. The highest BCUT2D eigenvalue weighted by Crippen LogP contribution is 2.16. The Labute approximate surface area is 135 Å². The number of rotatable bonds is 5. The van der Waals surface area contributed by atoms with Crippen LogP contribution in [0.1, 0.15) is 40.0 Å². The molecule has 0 aliphatic rings. The number of nitrogens with one attached hydrogen (secondary N) is 1. The highest BCUT2D eigenvalue weighted by Gasteiger charge is 2.22. The fourth-order valence-corrected chi connectivity index (χ4v) is 2.02. The maximum atomic E-state index is 11.9. The molecule has 6 heteroatoms. The monoisotopic (exact) mass is 318 g/mol. The molecule has 2 aromatic rings. The highest BCUT2D eigenvalue weighted by atomic mass is 16.5. The number of fused-ring (bicyclic) bond motifs is 1. The number of aromatic nitrogens is 1. The first-order valence-electron chi connectivity index (χ1n) is 7.60. The van der Waals surface area contributed by atoms with Crippen molar-refractivity contribution in [1.29, 1.82) is 0 Å². The Morgan fingerprint density at radius 1 is 1.30 bits per heavy atom. The second-order valence-corrected chi connectivity index (χ2v) is 6.45. The molecule has 0 saturated heterocycles. The van der Waals surface area contributed by atoms with Gasteiger partial charge in [0, 0.05) is 12.0 Å². The summed E-state index contributed by atoms with van der Waals surface area (Å²) >= 11 is 0. The lowest BCUT2D eigenvalue weighted by atomic mass is 10.1. The molecule has 0 aliphatic carbocycles. The molecule has 124 valence electrons. The molecule has 1 heterocycles. The van der Waals surface area contributed by atoms with Crippen molar-refractivity contribution in [2.45, 2.75) is 52.2 Å². The summed E-state index contributed by atoms with van der Waals surface area (Å²) in [6.07, 6.45) is -0.383. The predicted octanol–water partition coefficient (Wildman–Crippen LogP) is 2.61. The minimum atomic E-state index is -0.828. The van der Waals surface area contributed by atoms with Crippen LogP contribution in [0.5, 0.6) is 0 Å². The van der Waals surface area contributed by atoms with Crippen molar-refractivity contribution in [3.63, 3.8) is 0 Å². The molecular weight excluding hydrogens is 296 g/mol. The Morgan fingerprint density at radius 3 is 2.65 bits per heavy atom. The molecule has 23 heavy (non-hydrogen) atoms. The van der Waals surface area contributed by atoms with Gasteiger partial charge in [-0.3, -0.25) is 9.59 Å². The van der Waals surface area contributed by atoms with Gasteiger partial charge >= 0.3 is 5.97 Å². The first-order chi connectivity index (χ1) is 10.7. The van der Waals surface area contributed by atoms with Crippen molar-refractivity contribution in [3.05, 3.63) is 30.2 Å². The number of amides is 1. The molecule has 1 aromatic carbocycles. The SMILES string of the molecule is C[C@@H](OC(=O)CCc1nc2ccccc2o1)C(=O)NC(C)(C)C. The molecule has 1 amide bonds. The summed E-state index contributed by atoms with van der Waals surface area (Å²) < 4.78 is 10.7. The van der Waals surface area contributed by atoms with Crippen LogP contribution in [0.3, 0.4) is 0 Å². The standard InChI is InChI=1S/C17H22N2O4/c1-11(16(21)19-17(2,3)4)22-15(20)10-9-14-18-12-7-5-6-8-13(12)23-14/h5-8,11H,9-10H2,1-4H3,(H,19,21)/t11-/m1/s1. The van der Waals surface area contributed by atoms with Crippen LogP contribution in [-0.4, -0.2) is 28.5 Å². The third-order valence-electron chi connectivity index (χ3n) is 3.06. The van der Waals surface area contributed by atoms with Crippen LogP contribution in [0.25, 0.3) is 11.1 Å². The molecule has 0 aliphatic heterocycles. The number of aryl methyl sites for hydroxylation is 1. The average molecular weight is 318 g/mol. The van der Waals surface area contributed by atoms with Crippen LogP contribution in [0.2, 0.25) is 0 Å². The molecule has 2 rings (SSSR count). The smallest absolute Gasteiger partial charge is 0.307 e. The third kappa shape index (κ3) is 5.09. The summed E-state index contributed by atoms with van der Waals surface area (Å²) in [5.41, 5.74) is 1.08. The van der Waals surface area contributed by atoms with E-state index in [-0.39, 0.29) is 17.9 Å². The fraction of sp³-hybridized carbons (Fsp3) is 0.471. The van der Waals surface area contributed by atoms with Crippen LogP contribution in [-0.2, 0) is 20.7 Å². The largest absolute Gasteiger partial charge is 0.453 e. The Kier molecular flexibility index (Phi) is 5.03. The van der Waals surface area contributed by atoms with E-state index in [0.717, 1.165) is 5.52 Å². The van der Waals surface area contributed by atoms with Crippen molar-refractivity contribution in [2.24, 2.45) is 0 Å². The van der Waals surface area contributed by atoms with E-state index in [9.17, 15) is 9.59 Å². The second kappa shape index (κ2) is 6.81. The van der Waals surface area contributed by atoms with E-state index < -0.39 is 12.1 Å². The lowest BCUT2D eigenvalue weighted by Crippen LogP contribution is -2.46. The quantitative estimate of drug-likeness (QED) is 0.857. The summed E-state index contributed by atoms with van der Waals surface area (Å²) in [6, 6.07) is 7.40. The maximum absolute atomic E-state index is 11.9. The zero-order valence-corrected chi connectivity index (χ0v) is 13.9. The van der Waals surface area contributed by atoms with Gasteiger partial charge in [0.15, 0.2) is 17.6 Å². The summed E-state index contributed by atoms with van der Waals surface area (Å²) in [6.45, 7) is 7.16. The first kappa shape index (κ1) is 17.0. The summed E-state index contributed by atoms with van der Waals surface area (Å²) in [5.74, 6) is -0.286. The van der Waals surface area contributed by atoms with E-state index in [1.165, 1.54) is 0 Å². The summed E-state index contributed by atoms with van der Waals surface area (Å²) in [7, 11) is 0. The van der Waals surface area contributed by atoms with Gasteiger partial charge in [-0.05, 0) is 39.8 Å². The van der Waals surface area contributed by atoms with Crippen LogP contribution in [0.15, 0.2) is 28.7 Å². The zero-order valence-electron chi connectivity index (χ0n) is 13.9. The van der Waals surface area contributed by atoms with Gasteiger partial charge in [0.2, 0.25) is 0 Å². The number of para-hydroxylation sites is 2. The minimum absolute atomic E-state index is 0.111.